The Bertz CT molecular complexity index is 610. The third-order valence-corrected chi connectivity index (χ3v) is 3.41. The van der Waals surface area contributed by atoms with E-state index in [1.807, 2.05) is 0 Å². The molecule has 0 unspecified atom stereocenters. The summed E-state index contributed by atoms with van der Waals surface area (Å²) in [5.41, 5.74) is -0.421. The number of amides is 1. The molecule has 1 aromatic carbocycles. The Hall–Kier alpha value is -1.34. The lowest BCUT2D eigenvalue weighted by molar-refractivity contribution is -0.124. The first-order valence-electron chi connectivity index (χ1n) is 5.67. The Morgan fingerprint density at radius 2 is 2.00 bits per heavy atom. The second kappa shape index (κ2) is 5.97. The van der Waals surface area contributed by atoms with Crippen molar-refractivity contribution in [2.45, 2.75) is 31.2 Å². The molecule has 20 heavy (non-hydrogen) atoms. The van der Waals surface area contributed by atoms with E-state index >= 15 is 0 Å². The van der Waals surface area contributed by atoms with Gasteiger partial charge in [-0.15, -0.1) is 0 Å². The highest BCUT2D eigenvalue weighted by Crippen LogP contribution is 2.23. The third kappa shape index (κ3) is 5.34. The van der Waals surface area contributed by atoms with Crippen LogP contribution in [0.1, 0.15) is 20.8 Å². The van der Waals surface area contributed by atoms with Crippen LogP contribution in [0.3, 0.4) is 0 Å². The fraction of sp³-hybridized carbons (Fsp3) is 0.417. The maximum atomic E-state index is 13.6. The van der Waals surface area contributed by atoms with Crippen LogP contribution < -0.4 is 10.1 Å². The molecule has 0 spiro atoms. The van der Waals surface area contributed by atoms with Gasteiger partial charge >= 0.3 is 0 Å². The van der Waals surface area contributed by atoms with Crippen LogP contribution in [0, 0.1) is 5.82 Å². The van der Waals surface area contributed by atoms with Crippen LogP contribution in [-0.4, -0.2) is 26.5 Å². The van der Waals surface area contributed by atoms with E-state index in [2.05, 4.69) is 5.32 Å². The Morgan fingerprint density at radius 3 is 2.45 bits per heavy atom. The Labute approximate surface area is 121 Å². The molecule has 1 N–H and O–H groups in total. The average Bonchev–Trinajstić information content (AvgIpc) is 2.23. The molecule has 0 saturated heterocycles. The van der Waals surface area contributed by atoms with Gasteiger partial charge in [0.25, 0.3) is 15.0 Å². The van der Waals surface area contributed by atoms with Crippen LogP contribution in [0.5, 0.6) is 5.75 Å². The minimum Gasteiger partial charge on any atom is -0.481 e. The fourth-order valence-corrected chi connectivity index (χ4v) is 2.11. The van der Waals surface area contributed by atoms with Gasteiger partial charge in [0.2, 0.25) is 0 Å². The summed E-state index contributed by atoms with van der Waals surface area (Å²) in [6.45, 7) is 5.02. The number of benzene rings is 1. The van der Waals surface area contributed by atoms with E-state index in [1.165, 1.54) is 0 Å². The van der Waals surface area contributed by atoms with E-state index in [9.17, 15) is 17.6 Å². The molecule has 0 bridgehead atoms. The first kappa shape index (κ1) is 16.7. The molecule has 0 saturated carbocycles. The van der Waals surface area contributed by atoms with Crippen LogP contribution in [0.4, 0.5) is 4.39 Å². The zero-order chi connectivity index (χ0) is 15.6. The van der Waals surface area contributed by atoms with Crippen molar-refractivity contribution in [1.82, 2.24) is 5.32 Å². The molecular formula is C12H15ClFNO4S. The van der Waals surface area contributed by atoms with Gasteiger partial charge in [-0.2, -0.15) is 0 Å². The highest BCUT2D eigenvalue weighted by molar-refractivity contribution is 8.13. The molecule has 0 atom stereocenters. The van der Waals surface area contributed by atoms with E-state index in [0.29, 0.717) is 0 Å². The Morgan fingerprint density at radius 1 is 1.40 bits per heavy atom. The second-order valence-electron chi connectivity index (χ2n) is 5.12. The molecule has 0 fully saturated rings. The topological polar surface area (TPSA) is 72.5 Å². The van der Waals surface area contributed by atoms with Crippen LogP contribution in [-0.2, 0) is 13.8 Å². The summed E-state index contributed by atoms with van der Waals surface area (Å²) < 4.78 is 40.6. The summed E-state index contributed by atoms with van der Waals surface area (Å²) in [4.78, 5) is 11.1. The van der Waals surface area contributed by atoms with E-state index in [1.54, 1.807) is 20.8 Å². The minimum absolute atomic E-state index is 0.224. The molecule has 112 valence electrons. The van der Waals surface area contributed by atoms with E-state index in [-0.39, 0.29) is 17.3 Å². The van der Waals surface area contributed by atoms with Crippen LogP contribution in [0.25, 0.3) is 0 Å². The maximum Gasteiger partial charge on any atom is 0.261 e. The van der Waals surface area contributed by atoms with Gasteiger partial charge in [-0.3, -0.25) is 4.79 Å². The average molecular weight is 324 g/mol. The fourth-order valence-electron chi connectivity index (χ4n) is 1.35. The van der Waals surface area contributed by atoms with Gasteiger partial charge in [0.15, 0.2) is 18.2 Å². The molecule has 1 rings (SSSR count). The molecule has 0 aliphatic carbocycles. The number of carbonyl (C=O) groups excluding carboxylic acids is 1. The van der Waals surface area contributed by atoms with Crippen molar-refractivity contribution in [3.8, 4) is 5.75 Å². The Kier molecular flexibility index (Phi) is 4.99. The number of carbonyl (C=O) groups is 1. The van der Waals surface area contributed by atoms with Gasteiger partial charge in [0, 0.05) is 16.2 Å². The first-order chi connectivity index (χ1) is 8.99. The number of nitrogens with one attached hydrogen (secondary N) is 1. The van der Waals surface area contributed by atoms with Gasteiger partial charge in [-0.05, 0) is 39.0 Å². The lowest BCUT2D eigenvalue weighted by atomic mass is 10.1. The summed E-state index contributed by atoms with van der Waals surface area (Å²) in [6, 6.07) is 2.94. The molecule has 0 aliphatic heterocycles. The number of ether oxygens (including phenoxy) is 1. The lowest BCUT2D eigenvalue weighted by Crippen LogP contribution is -2.43. The zero-order valence-corrected chi connectivity index (χ0v) is 12.8. The third-order valence-electron chi connectivity index (χ3n) is 2.06. The van der Waals surface area contributed by atoms with Crippen molar-refractivity contribution in [2.75, 3.05) is 6.61 Å². The highest BCUT2D eigenvalue weighted by atomic mass is 35.7. The van der Waals surface area contributed by atoms with Crippen molar-refractivity contribution >= 4 is 25.6 Å². The Balaban J connectivity index is 2.73. The summed E-state index contributed by atoms with van der Waals surface area (Å²) in [6.07, 6.45) is 0. The van der Waals surface area contributed by atoms with Crippen molar-refractivity contribution in [3.05, 3.63) is 24.0 Å². The summed E-state index contributed by atoms with van der Waals surface area (Å²) in [7, 11) is 1.08. The lowest BCUT2D eigenvalue weighted by Gasteiger charge is -2.20. The van der Waals surface area contributed by atoms with E-state index < -0.39 is 26.3 Å². The van der Waals surface area contributed by atoms with Crippen molar-refractivity contribution in [1.29, 1.82) is 0 Å². The number of hydrogen-bond acceptors (Lipinski definition) is 4. The number of hydrogen-bond donors (Lipinski definition) is 1. The first-order valence-corrected chi connectivity index (χ1v) is 7.98. The van der Waals surface area contributed by atoms with Crippen LogP contribution in [0.2, 0.25) is 0 Å². The van der Waals surface area contributed by atoms with Crippen molar-refractivity contribution in [2.24, 2.45) is 0 Å². The normalized spacial score (nSPS) is 12.1. The summed E-state index contributed by atoms with van der Waals surface area (Å²) in [5.74, 6) is -1.54. The smallest absolute Gasteiger partial charge is 0.261 e. The number of halogens is 2. The van der Waals surface area contributed by atoms with E-state index in [4.69, 9.17) is 15.4 Å². The molecule has 0 heterocycles. The van der Waals surface area contributed by atoms with Crippen LogP contribution in [0.15, 0.2) is 23.1 Å². The molecule has 0 aliphatic rings. The van der Waals surface area contributed by atoms with Gasteiger partial charge in [-0.1, -0.05) is 0 Å². The standard InChI is InChI=1S/C12H15ClFNO4S/c1-12(2,3)15-11(16)7-19-10-5-4-8(6-9(10)14)20(13,17)18/h4-6H,7H2,1-3H3,(H,15,16). The minimum atomic E-state index is -4.00. The zero-order valence-electron chi connectivity index (χ0n) is 11.2. The molecule has 0 aromatic heterocycles. The monoisotopic (exact) mass is 323 g/mol. The SMILES string of the molecule is CC(C)(C)NC(=O)COc1ccc(S(=O)(=O)Cl)cc1F. The largest absolute Gasteiger partial charge is 0.481 e. The molecule has 1 aromatic rings. The number of rotatable bonds is 4. The highest BCUT2D eigenvalue weighted by Gasteiger charge is 2.16. The molecule has 0 radical (unpaired) electrons. The predicted octanol–water partition coefficient (Wildman–Crippen LogP) is 2.05. The van der Waals surface area contributed by atoms with Gasteiger partial charge in [-0.25, -0.2) is 12.8 Å². The van der Waals surface area contributed by atoms with E-state index in [0.717, 1.165) is 18.2 Å². The molecule has 8 heteroatoms. The van der Waals surface area contributed by atoms with Crippen molar-refractivity contribution < 1.29 is 22.3 Å². The summed E-state index contributed by atoms with van der Waals surface area (Å²) >= 11 is 0. The van der Waals surface area contributed by atoms with Crippen molar-refractivity contribution in [3.63, 3.8) is 0 Å². The predicted molar refractivity (Wildman–Crippen MR) is 72.8 cm³/mol. The van der Waals surface area contributed by atoms with Gasteiger partial charge in [0.05, 0.1) is 4.90 Å². The molecule has 1 amide bonds. The maximum absolute atomic E-state index is 13.6. The molecule has 5 nitrogen and oxygen atoms in total. The molecular weight excluding hydrogens is 309 g/mol. The summed E-state index contributed by atoms with van der Waals surface area (Å²) in [5, 5.41) is 2.64. The quantitative estimate of drug-likeness (QED) is 0.861. The van der Waals surface area contributed by atoms with Crippen LogP contribution >= 0.6 is 10.7 Å². The second-order valence-corrected chi connectivity index (χ2v) is 7.68. The van der Waals surface area contributed by atoms with Gasteiger partial charge < -0.3 is 10.1 Å². The van der Waals surface area contributed by atoms with Gasteiger partial charge in [0.1, 0.15) is 0 Å².